The molecule has 4 rings (SSSR count). The van der Waals surface area contributed by atoms with Crippen LogP contribution in [0.1, 0.15) is 18.4 Å². The second-order valence-electron chi connectivity index (χ2n) is 6.76. The highest BCUT2D eigenvalue weighted by Gasteiger charge is 2.42. The van der Waals surface area contributed by atoms with Crippen LogP contribution in [0, 0.1) is 11.8 Å². The monoisotopic (exact) mass is 310 g/mol. The first-order chi connectivity index (χ1) is 11.2. The summed E-state index contributed by atoms with van der Waals surface area (Å²) in [5, 5.41) is 4.21. The molecule has 0 radical (unpaired) electrons. The third-order valence-corrected chi connectivity index (χ3v) is 5.33. The highest BCUT2D eigenvalue weighted by molar-refractivity contribution is 5.79. The molecule has 3 unspecified atom stereocenters. The lowest BCUT2D eigenvalue weighted by Gasteiger charge is -2.19. The number of hydrogen-bond acceptors (Lipinski definition) is 3. The fourth-order valence-electron chi connectivity index (χ4n) is 3.99. The summed E-state index contributed by atoms with van der Waals surface area (Å²) in [6.45, 7) is 1.73. The van der Waals surface area contributed by atoms with E-state index in [2.05, 4.69) is 5.10 Å². The first kappa shape index (κ1) is 14.5. The van der Waals surface area contributed by atoms with E-state index in [4.69, 9.17) is 5.73 Å². The van der Waals surface area contributed by atoms with Gasteiger partial charge >= 0.3 is 0 Å². The van der Waals surface area contributed by atoms with Gasteiger partial charge in [-0.2, -0.15) is 5.10 Å². The molecule has 5 heteroatoms. The minimum absolute atomic E-state index is 0.221. The zero-order chi connectivity index (χ0) is 15.8. The van der Waals surface area contributed by atoms with Crippen LogP contribution in [0.4, 0.5) is 0 Å². The number of nitrogens with zero attached hydrogens (tertiary/aromatic N) is 3. The lowest BCUT2D eigenvalue weighted by molar-refractivity contribution is -0.129. The summed E-state index contributed by atoms with van der Waals surface area (Å²) >= 11 is 0. The number of rotatable bonds is 3. The van der Waals surface area contributed by atoms with Gasteiger partial charge in [0.2, 0.25) is 5.91 Å². The second kappa shape index (κ2) is 5.81. The van der Waals surface area contributed by atoms with E-state index in [9.17, 15) is 4.79 Å². The summed E-state index contributed by atoms with van der Waals surface area (Å²) in [5.41, 5.74) is 8.21. The van der Waals surface area contributed by atoms with E-state index >= 15 is 0 Å². The van der Waals surface area contributed by atoms with Gasteiger partial charge < -0.3 is 10.6 Å². The van der Waals surface area contributed by atoms with E-state index in [1.165, 1.54) is 6.42 Å². The molecule has 2 heterocycles. The number of likely N-dealkylation sites (tertiary alicyclic amines) is 1. The predicted octanol–water partition coefficient (Wildman–Crippen LogP) is 1.61. The Kier molecular flexibility index (Phi) is 3.65. The summed E-state index contributed by atoms with van der Waals surface area (Å²) in [6.07, 6.45) is 6.42. The van der Waals surface area contributed by atoms with Crippen molar-refractivity contribution in [3.63, 3.8) is 0 Å². The zero-order valence-corrected chi connectivity index (χ0v) is 13.1. The average Bonchev–Trinajstić information content (AvgIpc) is 3.27. The standard InChI is InChI=1S/C18H22N4O/c19-17-7-4-14-11-21(12-16(14)17)18(23)10-13-2-5-15(6-3-13)22-9-1-8-20-22/h1-3,5-6,8-9,14,16-17H,4,7,10-12,19H2. The molecule has 2 aromatic rings. The van der Waals surface area contributed by atoms with Crippen molar-refractivity contribution in [1.82, 2.24) is 14.7 Å². The van der Waals surface area contributed by atoms with Crippen molar-refractivity contribution in [3.8, 4) is 5.69 Å². The van der Waals surface area contributed by atoms with E-state index in [-0.39, 0.29) is 11.9 Å². The third-order valence-electron chi connectivity index (χ3n) is 5.33. The number of aromatic nitrogens is 2. The molecule has 2 aliphatic rings. The van der Waals surface area contributed by atoms with Crippen LogP contribution in [0.3, 0.4) is 0 Å². The molecule has 0 bridgehead atoms. The van der Waals surface area contributed by atoms with Crippen molar-refractivity contribution in [2.75, 3.05) is 13.1 Å². The van der Waals surface area contributed by atoms with E-state index in [0.29, 0.717) is 18.3 Å². The maximum Gasteiger partial charge on any atom is 0.227 e. The SMILES string of the molecule is NC1CCC2CN(C(=O)Cc3ccc(-n4cccn4)cc3)CC12. The molecule has 5 nitrogen and oxygen atoms in total. The molecule has 1 saturated carbocycles. The van der Waals surface area contributed by atoms with Gasteiger partial charge in [-0.15, -0.1) is 0 Å². The molecule has 1 aromatic heterocycles. The van der Waals surface area contributed by atoms with Gasteiger partial charge in [-0.1, -0.05) is 12.1 Å². The summed E-state index contributed by atoms with van der Waals surface area (Å²) in [6, 6.07) is 10.2. The molecule has 2 N–H and O–H groups in total. The van der Waals surface area contributed by atoms with Crippen molar-refractivity contribution in [2.45, 2.75) is 25.3 Å². The predicted molar refractivity (Wildman–Crippen MR) is 88.0 cm³/mol. The van der Waals surface area contributed by atoms with Gasteiger partial charge in [0.05, 0.1) is 12.1 Å². The molecular weight excluding hydrogens is 288 g/mol. The van der Waals surface area contributed by atoms with Gasteiger partial charge in [0.1, 0.15) is 0 Å². The highest BCUT2D eigenvalue weighted by Crippen LogP contribution is 2.37. The van der Waals surface area contributed by atoms with Crippen molar-refractivity contribution < 1.29 is 4.79 Å². The van der Waals surface area contributed by atoms with Crippen LogP contribution >= 0.6 is 0 Å². The highest BCUT2D eigenvalue weighted by atomic mass is 16.2. The Labute approximate surface area is 136 Å². The van der Waals surface area contributed by atoms with E-state index in [1.807, 2.05) is 46.1 Å². The molecule has 2 fully saturated rings. The van der Waals surface area contributed by atoms with Crippen LogP contribution < -0.4 is 5.73 Å². The van der Waals surface area contributed by atoms with E-state index < -0.39 is 0 Å². The number of amides is 1. The number of carbonyl (C=O) groups excluding carboxylic acids is 1. The zero-order valence-electron chi connectivity index (χ0n) is 13.1. The molecule has 0 spiro atoms. The molecule has 1 aliphatic heterocycles. The molecule has 3 atom stereocenters. The quantitative estimate of drug-likeness (QED) is 0.937. The van der Waals surface area contributed by atoms with Gasteiger partial charge in [0.25, 0.3) is 0 Å². The van der Waals surface area contributed by atoms with E-state index in [1.54, 1.807) is 6.20 Å². The van der Waals surface area contributed by atoms with Gasteiger partial charge in [-0.3, -0.25) is 4.79 Å². The van der Waals surface area contributed by atoms with Crippen LogP contribution in [0.2, 0.25) is 0 Å². The minimum Gasteiger partial charge on any atom is -0.342 e. The van der Waals surface area contributed by atoms with Crippen molar-refractivity contribution >= 4 is 5.91 Å². The molecule has 1 amide bonds. The van der Waals surface area contributed by atoms with Crippen LogP contribution in [-0.2, 0) is 11.2 Å². The lowest BCUT2D eigenvalue weighted by Crippen LogP contribution is -2.34. The van der Waals surface area contributed by atoms with Gasteiger partial charge in [0.15, 0.2) is 0 Å². The topological polar surface area (TPSA) is 64.2 Å². The van der Waals surface area contributed by atoms with Crippen LogP contribution in [0.5, 0.6) is 0 Å². The van der Waals surface area contributed by atoms with Gasteiger partial charge in [0, 0.05) is 31.5 Å². The minimum atomic E-state index is 0.221. The van der Waals surface area contributed by atoms with Gasteiger partial charge in [-0.05, 0) is 48.4 Å². The molecule has 1 aliphatic carbocycles. The normalized spacial score (nSPS) is 26.5. The number of nitrogens with two attached hydrogens (primary N) is 1. The summed E-state index contributed by atoms with van der Waals surface area (Å²) in [7, 11) is 0. The Bertz CT molecular complexity index is 680. The van der Waals surface area contributed by atoms with Gasteiger partial charge in [-0.25, -0.2) is 4.68 Å². The van der Waals surface area contributed by atoms with Crippen molar-refractivity contribution in [2.24, 2.45) is 17.6 Å². The fourth-order valence-corrected chi connectivity index (χ4v) is 3.99. The Morgan fingerprint density at radius 2 is 2.04 bits per heavy atom. The van der Waals surface area contributed by atoms with E-state index in [0.717, 1.165) is 30.8 Å². The summed E-state index contributed by atoms with van der Waals surface area (Å²) in [5.74, 6) is 1.36. The fraction of sp³-hybridized carbons (Fsp3) is 0.444. The maximum absolute atomic E-state index is 12.5. The molecule has 23 heavy (non-hydrogen) atoms. The molecule has 1 saturated heterocycles. The Balaban J connectivity index is 1.39. The van der Waals surface area contributed by atoms with Crippen molar-refractivity contribution in [1.29, 1.82) is 0 Å². The Hall–Kier alpha value is -2.14. The average molecular weight is 310 g/mol. The maximum atomic E-state index is 12.5. The number of carbonyl (C=O) groups is 1. The smallest absolute Gasteiger partial charge is 0.227 e. The Morgan fingerprint density at radius 1 is 1.22 bits per heavy atom. The lowest BCUT2D eigenvalue weighted by atomic mass is 9.98. The number of benzene rings is 1. The number of hydrogen-bond donors (Lipinski definition) is 1. The third kappa shape index (κ3) is 2.77. The number of fused-ring (bicyclic) bond motifs is 1. The van der Waals surface area contributed by atoms with Crippen LogP contribution in [-0.4, -0.2) is 39.7 Å². The van der Waals surface area contributed by atoms with Crippen LogP contribution in [0.15, 0.2) is 42.7 Å². The second-order valence-corrected chi connectivity index (χ2v) is 6.76. The van der Waals surface area contributed by atoms with Crippen molar-refractivity contribution in [3.05, 3.63) is 48.3 Å². The summed E-state index contributed by atoms with van der Waals surface area (Å²) in [4.78, 5) is 14.5. The Morgan fingerprint density at radius 3 is 2.74 bits per heavy atom. The molecule has 120 valence electrons. The molecular formula is C18H22N4O. The largest absolute Gasteiger partial charge is 0.342 e. The first-order valence-corrected chi connectivity index (χ1v) is 8.33. The first-order valence-electron chi connectivity index (χ1n) is 8.33. The van der Waals surface area contributed by atoms with Crippen LogP contribution in [0.25, 0.3) is 5.69 Å². The molecule has 1 aromatic carbocycles. The summed E-state index contributed by atoms with van der Waals surface area (Å²) < 4.78 is 1.81.